The second-order valence-corrected chi connectivity index (χ2v) is 5.86. The molecule has 0 aromatic heterocycles. The summed E-state index contributed by atoms with van der Waals surface area (Å²) >= 11 is 0. The number of ketones is 1. The first-order chi connectivity index (χ1) is 8.39. The van der Waals surface area contributed by atoms with E-state index in [9.17, 15) is 13.2 Å². The van der Waals surface area contributed by atoms with Gasteiger partial charge in [0.25, 0.3) is 0 Å². The van der Waals surface area contributed by atoms with Gasteiger partial charge in [-0.3, -0.25) is 4.79 Å². The molecule has 0 fully saturated rings. The smallest absolute Gasteiger partial charge is 0.242 e. The molecule has 1 aromatic rings. The third-order valence-electron chi connectivity index (χ3n) is 2.51. The molecular weight excluding hydrogens is 252 g/mol. The van der Waals surface area contributed by atoms with Crippen LogP contribution in [-0.4, -0.2) is 32.1 Å². The Kier molecular flexibility index (Phi) is 4.59. The summed E-state index contributed by atoms with van der Waals surface area (Å²) in [7, 11) is -2.16. The van der Waals surface area contributed by atoms with Crippen LogP contribution in [0.2, 0.25) is 0 Å². The molecular formula is C12H14N2O3S. The normalized spacial score (nSPS) is 11.2. The standard InChI is InChI=1S/C12H14N2O3S/c1-10(15)11-4-6-12(7-5-11)18(16,17)14(2)9-3-8-13/h4-7H,3,9H2,1-2H3. The number of sulfonamides is 1. The lowest BCUT2D eigenvalue weighted by molar-refractivity contribution is 0.101. The molecule has 1 rings (SSSR count). The van der Waals surface area contributed by atoms with Crippen molar-refractivity contribution in [3.05, 3.63) is 29.8 Å². The van der Waals surface area contributed by atoms with Crippen molar-refractivity contribution in [1.29, 1.82) is 5.26 Å². The van der Waals surface area contributed by atoms with E-state index in [4.69, 9.17) is 5.26 Å². The molecule has 1 aromatic carbocycles. The third-order valence-corrected chi connectivity index (χ3v) is 4.38. The molecule has 0 saturated heterocycles. The van der Waals surface area contributed by atoms with Crippen molar-refractivity contribution < 1.29 is 13.2 Å². The van der Waals surface area contributed by atoms with Crippen LogP contribution < -0.4 is 0 Å². The molecule has 0 spiro atoms. The molecule has 0 unspecified atom stereocenters. The van der Waals surface area contributed by atoms with Gasteiger partial charge in [0.1, 0.15) is 0 Å². The van der Waals surface area contributed by atoms with Crippen LogP contribution in [0.5, 0.6) is 0 Å². The maximum Gasteiger partial charge on any atom is 0.242 e. The van der Waals surface area contributed by atoms with Crippen molar-refractivity contribution in [3.63, 3.8) is 0 Å². The number of carbonyl (C=O) groups is 1. The van der Waals surface area contributed by atoms with Crippen molar-refractivity contribution in [2.45, 2.75) is 18.2 Å². The van der Waals surface area contributed by atoms with E-state index in [1.165, 1.54) is 38.2 Å². The largest absolute Gasteiger partial charge is 0.295 e. The average molecular weight is 266 g/mol. The monoisotopic (exact) mass is 266 g/mol. The highest BCUT2D eigenvalue weighted by atomic mass is 32.2. The number of Topliss-reactive ketones (excluding diaryl/α,β-unsaturated/α-hetero) is 1. The first-order valence-corrected chi connectivity index (χ1v) is 6.78. The van der Waals surface area contributed by atoms with E-state index in [0.717, 1.165) is 4.31 Å². The fourth-order valence-electron chi connectivity index (χ4n) is 1.37. The number of nitrogens with zero attached hydrogens (tertiary/aromatic N) is 2. The van der Waals surface area contributed by atoms with Gasteiger partial charge < -0.3 is 0 Å². The molecule has 0 N–H and O–H groups in total. The van der Waals surface area contributed by atoms with Crippen molar-refractivity contribution >= 4 is 15.8 Å². The molecule has 0 heterocycles. The predicted octanol–water partition coefficient (Wildman–Crippen LogP) is 1.42. The van der Waals surface area contributed by atoms with Crippen LogP contribution >= 0.6 is 0 Å². The number of nitriles is 1. The van der Waals surface area contributed by atoms with Crippen molar-refractivity contribution in [3.8, 4) is 6.07 Å². The van der Waals surface area contributed by atoms with E-state index in [2.05, 4.69) is 0 Å². The molecule has 6 heteroatoms. The first kappa shape index (κ1) is 14.4. The summed E-state index contributed by atoms with van der Waals surface area (Å²) in [6.07, 6.45) is 0.140. The average Bonchev–Trinajstić information content (AvgIpc) is 2.35. The van der Waals surface area contributed by atoms with E-state index in [0.29, 0.717) is 5.56 Å². The summed E-state index contributed by atoms with van der Waals surface area (Å²) in [4.78, 5) is 11.2. The highest BCUT2D eigenvalue weighted by molar-refractivity contribution is 7.89. The minimum atomic E-state index is -3.58. The zero-order valence-corrected chi connectivity index (χ0v) is 11.1. The fourth-order valence-corrected chi connectivity index (χ4v) is 2.54. The number of hydrogen-bond acceptors (Lipinski definition) is 4. The molecule has 0 atom stereocenters. The topological polar surface area (TPSA) is 78.2 Å². The number of benzene rings is 1. The Bertz CT molecular complexity index is 570. The van der Waals surface area contributed by atoms with Gasteiger partial charge in [-0.25, -0.2) is 8.42 Å². The molecule has 0 aliphatic carbocycles. The van der Waals surface area contributed by atoms with Crippen molar-refractivity contribution in [2.24, 2.45) is 0 Å². The Morgan fingerprint density at radius 1 is 1.33 bits per heavy atom. The molecule has 18 heavy (non-hydrogen) atoms. The molecule has 0 radical (unpaired) electrons. The van der Waals surface area contributed by atoms with E-state index in [1.807, 2.05) is 6.07 Å². The number of carbonyl (C=O) groups excluding carboxylic acids is 1. The quantitative estimate of drug-likeness (QED) is 0.755. The summed E-state index contributed by atoms with van der Waals surface area (Å²) in [6, 6.07) is 7.65. The molecule has 5 nitrogen and oxygen atoms in total. The Hall–Kier alpha value is -1.71. The van der Waals surface area contributed by atoms with Crippen LogP contribution in [0.15, 0.2) is 29.2 Å². The van der Waals surface area contributed by atoms with Gasteiger partial charge in [-0.05, 0) is 19.1 Å². The third kappa shape index (κ3) is 3.15. The second kappa shape index (κ2) is 5.76. The minimum Gasteiger partial charge on any atom is -0.295 e. The van der Waals surface area contributed by atoms with E-state index in [-0.39, 0.29) is 23.6 Å². The molecule has 0 saturated carbocycles. The fraction of sp³-hybridized carbons (Fsp3) is 0.333. The van der Waals surface area contributed by atoms with Gasteiger partial charge in [-0.2, -0.15) is 9.57 Å². The van der Waals surface area contributed by atoms with Gasteiger partial charge in [0.05, 0.1) is 11.0 Å². The Morgan fingerprint density at radius 2 is 1.89 bits per heavy atom. The minimum absolute atomic E-state index is 0.114. The van der Waals surface area contributed by atoms with Crippen LogP contribution in [0.4, 0.5) is 0 Å². The van der Waals surface area contributed by atoms with Crippen molar-refractivity contribution in [2.75, 3.05) is 13.6 Å². The summed E-state index contributed by atoms with van der Waals surface area (Å²) < 4.78 is 25.2. The Morgan fingerprint density at radius 3 is 2.33 bits per heavy atom. The molecule has 0 bridgehead atoms. The highest BCUT2D eigenvalue weighted by Crippen LogP contribution is 2.15. The predicted molar refractivity (Wildman–Crippen MR) is 66.5 cm³/mol. The summed E-state index contributed by atoms with van der Waals surface area (Å²) in [5, 5.41) is 8.44. The lowest BCUT2D eigenvalue weighted by atomic mass is 10.2. The van der Waals surface area contributed by atoms with Crippen LogP contribution in [0, 0.1) is 11.3 Å². The zero-order valence-electron chi connectivity index (χ0n) is 10.3. The van der Waals surface area contributed by atoms with Gasteiger partial charge in [0.15, 0.2) is 5.78 Å². The van der Waals surface area contributed by atoms with Gasteiger partial charge in [-0.1, -0.05) is 12.1 Å². The van der Waals surface area contributed by atoms with E-state index in [1.54, 1.807) is 0 Å². The molecule has 96 valence electrons. The first-order valence-electron chi connectivity index (χ1n) is 5.34. The van der Waals surface area contributed by atoms with Gasteiger partial charge in [-0.15, -0.1) is 0 Å². The van der Waals surface area contributed by atoms with Crippen LogP contribution in [0.1, 0.15) is 23.7 Å². The Balaban J connectivity index is 2.99. The Labute approximate surface area is 107 Å². The van der Waals surface area contributed by atoms with Crippen LogP contribution in [-0.2, 0) is 10.0 Å². The number of rotatable bonds is 5. The summed E-state index contributed by atoms with van der Waals surface area (Å²) in [5.41, 5.74) is 0.466. The van der Waals surface area contributed by atoms with E-state index < -0.39 is 10.0 Å². The molecule has 0 aliphatic rings. The highest BCUT2D eigenvalue weighted by Gasteiger charge is 2.20. The maximum atomic E-state index is 12.1. The SMILES string of the molecule is CC(=O)c1ccc(S(=O)(=O)N(C)CCC#N)cc1. The van der Waals surface area contributed by atoms with Gasteiger partial charge in [0, 0.05) is 25.6 Å². The number of hydrogen-bond donors (Lipinski definition) is 0. The molecule has 0 amide bonds. The molecule has 0 aliphatic heterocycles. The zero-order chi connectivity index (χ0) is 13.8. The van der Waals surface area contributed by atoms with Crippen molar-refractivity contribution in [1.82, 2.24) is 4.31 Å². The summed E-state index contributed by atoms with van der Waals surface area (Å²) in [6.45, 7) is 1.57. The second-order valence-electron chi connectivity index (χ2n) is 3.82. The lowest BCUT2D eigenvalue weighted by Gasteiger charge is -2.15. The van der Waals surface area contributed by atoms with Crippen LogP contribution in [0.3, 0.4) is 0 Å². The summed E-state index contributed by atoms with van der Waals surface area (Å²) in [5.74, 6) is -0.114. The maximum absolute atomic E-state index is 12.1. The lowest BCUT2D eigenvalue weighted by Crippen LogP contribution is -2.27. The van der Waals surface area contributed by atoms with E-state index >= 15 is 0 Å². The van der Waals surface area contributed by atoms with Crippen LogP contribution in [0.25, 0.3) is 0 Å². The van der Waals surface area contributed by atoms with Gasteiger partial charge >= 0.3 is 0 Å². The van der Waals surface area contributed by atoms with Gasteiger partial charge in [0.2, 0.25) is 10.0 Å².